The minimum atomic E-state index is -0.0700. The van der Waals surface area contributed by atoms with Crippen LogP contribution in [0.2, 0.25) is 0 Å². The highest BCUT2D eigenvalue weighted by Gasteiger charge is 2.60. The van der Waals surface area contributed by atoms with E-state index in [0.29, 0.717) is 11.3 Å². The molecule has 4 aliphatic carbocycles. The maximum absolute atomic E-state index is 10.7. The molecule has 7 atom stereocenters. The molecular weight excluding hydrogens is 376 g/mol. The number of aryl methyl sites for hydroxylation is 1. The van der Waals surface area contributed by atoms with Crippen molar-refractivity contribution >= 4 is 11.3 Å². The number of hydrogen-bond donors (Lipinski definition) is 1. The van der Waals surface area contributed by atoms with Crippen LogP contribution in [0, 0.1) is 28.6 Å². The molecule has 4 heteroatoms. The molecule has 0 radical (unpaired) electrons. The fourth-order valence-electron chi connectivity index (χ4n) is 8.02. The molecular formula is C25H32N2OS. The molecule has 0 unspecified atom stereocenters. The maximum atomic E-state index is 10.7. The lowest BCUT2D eigenvalue weighted by atomic mass is 9.45. The number of fused-ring (bicyclic) bond motifs is 7. The standard InChI is InChI=1S/C25H32N2OS/c1-24-13-11-19-22(29-23(27-19)20-5-3-4-14-26-20)18(24)7-6-15-16-8-9-21(28)25(16,2)12-10-17(15)24/h3-5,14-18,21,28H,6-13H2,1-2H3/t15-,16-,17-,18-,21-,24+,25-/m0/s1. The molecule has 154 valence electrons. The van der Waals surface area contributed by atoms with Crippen LogP contribution in [0.15, 0.2) is 24.4 Å². The normalized spacial score (nSPS) is 43.2. The van der Waals surface area contributed by atoms with Crippen molar-refractivity contribution in [3.8, 4) is 10.7 Å². The summed E-state index contributed by atoms with van der Waals surface area (Å²) >= 11 is 1.92. The van der Waals surface area contributed by atoms with E-state index in [-0.39, 0.29) is 11.5 Å². The van der Waals surface area contributed by atoms with Gasteiger partial charge in [-0.3, -0.25) is 4.98 Å². The first-order valence-corrected chi connectivity index (χ1v) is 12.4. The fraction of sp³-hybridized carbons (Fsp3) is 0.680. The van der Waals surface area contributed by atoms with Gasteiger partial charge in [-0.05, 0) is 92.1 Å². The average molecular weight is 409 g/mol. The van der Waals surface area contributed by atoms with Crippen LogP contribution in [0.1, 0.15) is 75.3 Å². The van der Waals surface area contributed by atoms with Crippen molar-refractivity contribution < 1.29 is 5.11 Å². The van der Waals surface area contributed by atoms with Gasteiger partial charge in [-0.2, -0.15) is 0 Å². The highest BCUT2D eigenvalue weighted by Crippen LogP contribution is 2.67. The summed E-state index contributed by atoms with van der Waals surface area (Å²) in [6.07, 6.45) is 11.7. The molecule has 2 aromatic heterocycles. The Morgan fingerprint density at radius 2 is 1.86 bits per heavy atom. The SMILES string of the molecule is C[C@]12CCc3nc(-c4ccccn4)sc3[C@@H]1CC[C@@H]1[C@@H]2CC[C@]2(C)[C@@H](O)CC[C@@H]12. The molecule has 6 rings (SSSR count). The molecule has 2 heterocycles. The zero-order valence-electron chi connectivity index (χ0n) is 17.6. The summed E-state index contributed by atoms with van der Waals surface area (Å²) in [5.41, 5.74) is 2.96. The largest absolute Gasteiger partial charge is 0.393 e. The smallest absolute Gasteiger partial charge is 0.142 e. The van der Waals surface area contributed by atoms with Gasteiger partial charge in [0.05, 0.1) is 17.5 Å². The first kappa shape index (κ1) is 18.5. The van der Waals surface area contributed by atoms with Crippen molar-refractivity contribution in [1.29, 1.82) is 0 Å². The van der Waals surface area contributed by atoms with Gasteiger partial charge in [-0.1, -0.05) is 19.9 Å². The Balaban J connectivity index is 1.35. The third kappa shape index (κ3) is 2.51. The van der Waals surface area contributed by atoms with Crippen molar-refractivity contribution in [2.75, 3.05) is 0 Å². The van der Waals surface area contributed by atoms with E-state index in [1.165, 1.54) is 44.2 Å². The van der Waals surface area contributed by atoms with Gasteiger partial charge in [0.25, 0.3) is 0 Å². The van der Waals surface area contributed by atoms with E-state index in [2.05, 4.69) is 31.0 Å². The molecule has 29 heavy (non-hydrogen) atoms. The molecule has 3 nitrogen and oxygen atoms in total. The van der Waals surface area contributed by atoms with Gasteiger partial charge in [0.1, 0.15) is 5.01 Å². The molecule has 1 N–H and O–H groups in total. The Hall–Kier alpha value is -1.26. The highest BCUT2D eigenvalue weighted by molar-refractivity contribution is 7.15. The summed E-state index contributed by atoms with van der Waals surface area (Å²) in [5.74, 6) is 3.04. The van der Waals surface area contributed by atoms with E-state index in [4.69, 9.17) is 4.98 Å². The molecule has 3 fully saturated rings. The van der Waals surface area contributed by atoms with E-state index in [1.807, 2.05) is 23.6 Å². The summed E-state index contributed by atoms with van der Waals surface area (Å²) < 4.78 is 0. The number of pyridine rings is 1. The molecule has 0 spiro atoms. The van der Waals surface area contributed by atoms with Gasteiger partial charge in [0.2, 0.25) is 0 Å². The monoisotopic (exact) mass is 408 g/mol. The van der Waals surface area contributed by atoms with E-state index < -0.39 is 0 Å². The zero-order valence-corrected chi connectivity index (χ0v) is 18.4. The maximum Gasteiger partial charge on any atom is 0.142 e. The minimum Gasteiger partial charge on any atom is -0.393 e. The summed E-state index contributed by atoms with van der Waals surface area (Å²) in [7, 11) is 0. The highest BCUT2D eigenvalue weighted by atomic mass is 32.1. The van der Waals surface area contributed by atoms with Gasteiger partial charge in [-0.15, -0.1) is 11.3 Å². The number of aliphatic hydroxyl groups excluding tert-OH is 1. The van der Waals surface area contributed by atoms with Crippen LogP contribution >= 0.6 is 11.3 Å². The second-order valence-electron chi connectivity index (χ2n) is 10.7. The molecule has 3 saturated carbocycles. The molecule has 4 aliphatic rings. The predicted molar refractivity (Wildman–Crippen MR) is 117 cm³/mol. The van der Waals surface area contributed by atoms with Crippen LogP contribution in [0.5, 0.6) is 0 Å². The number of aliphatic hydroxyl groups is 1. The number of thiazole rings is 1. The Bertz CT molecular complexity index is 926. The predicted octanol–water partition coefficient (Wildman–Crippen LogP) is 5.84. The molecule has 0 aromatic carbocycles. The second-order valence-corrected chi connectivity index (χ2v) is 11.7. The molecule has 0 aliphatic heterocycles. The molecule has 0 amide bonds. The van der Waals surface area contributed by atoms with E-state index in [9.17, 15) is 5.11 Å². The Morgan fingerprint density at radius 1 is 1.00 bits per heavy atom. The quantitative estimate of drug-likeness (QED) is 0.645. The third-order valence-corrected chi connectivity index (χ3v) is 10.9. The lowest BCUT2D eigenvalue weighted by Crippen LogP contribution is -2.52. The number of nitrogens with zero attached hydrogens (tertiary/aromatic N) is 2. The number of rotatable bonds is 1. The van der Waals surface area contributed by atoms with Crippen molar-refractivity contribution in [2.45, 2.75) is 77.2 Å². The topological polar surface area (TPSA) is 46.0 Å². The number of aromatic nitrogens is 2. The van der Waals surface area contributed by atoms with Crippen molar-refractivity contribution in [1.82, 2.24) is 9.97 Å². The van der Waals surface area contributed by atoms with E-state index >= 15 is 0 Å². The fourth-order valence-corrected chi connectivity index (χ4v) is 9.40. The molecule has 2 aromatic rings. The second kappa shape index (κ2) is 6.37. The lowest BCUT2D eigenvalue weighted by molar-refractivity contribution is -0.0985. The van der Waals surface area contributed by atoms with Crippen molar-refractivity contribution in [3.63, 3.8) is 0 Å². The van der Waals surface area contributed by atoms with Crippen LogP contribution in [0.4, 0.5) is 0 Å². The Labute approximate surface area is 178 Å². The Kier molecular flexibility index (Phi) is 4.06. The van der Waals surface area contributed by atoms with Gasteiger partial charge in [-0.25, -0.2) is 4.98 Å². The lowest BCUT2D eigenvalue weighted by Gasteiger charge is -2.59. The van der Waals surface area contributed by atoms with Gasteiger partial charge in [0.15, 0.2) is 0 Å². The summed E-state index contributed by atoms with van der Waals surface area (Å²) in [4.78, 5) is 11.2. The van der Waals surface area contributed by atoms with Gasteiger partial charge < -0.3 is 5.11 Å². The zero-order chi connectivity index (χ0) is 19.8. The van der Waals surface area contributed by atoms with Crippen LogP contribution < -0.4 is 0 Å². The molecule has 0 saturated heterocycles. The van der Waals surface area contributed by atoms with Crippen molar-refractivity contribution in [3.05, 3.63) is 35.0 Å². The first-order valence-electron chi connectivity index (χ1n) is 11.6. The van der Waals surface area contributed by atoms with Crippen molar-refractivity contribution in [2.24, 2.45) is 28.6 Å². The average Bonchev–Trinajstić information content (AvgIpc) is 3.29. The van der Waals surface area contributed by atoms with Gasteiger partial charge in [0, 0.05) is 17.0 Å². The summed E-state index contributed by atoms with van der Waals surface area (Å²) in [6.45, 7) is 4.99. The summed E-state index contributed by atoms with van der Waals surface area (Å²) in [5, 5.41) is 11.8. The molecule has 0 bridgehead atoms. The minimum absolute atomic E-state index is 0.0700. The van der Waals surface area contributed by atoms with Crippen LogP contribution in [-0.4, -0.2) is 21.2 Å². The summed E-state index contributed by atoms with van der Waals surface area (Å²) in [6, 6.07) is 6.13. The van der Waals surface area contributed by atoms with Crippen LogP contribution in [0.25, 0.3) is 10.7 Å². The third-order valence-electron chi connectivity index (χ3n) is 9.65. The number of hydrogen-bond acceptors (Lipinski definition) is 4. The Morgan fingerprint density at radius 3 is 2.69 bits per heavy atom. The first-order chi connectivity index (χ1) is 14.0. The van der Waals surface area contributed by atoms with E-state index in [1.54, 1.807) is 4.88 Å². The van der Waals surface area contributed by atoms with Crippen LogP contribution in [0.3, 0.4) is 0 Å². The van der Waals surface area contributed by atoms with Crippen LogP contribution in [-0.2, 0) is 6.42 Å². The van der Waals surface area contributed by atoms with E-state index in [0.717, 1.165) is 41.3 Å². The van der Waals surface area contributed by atoms with Gasteiger partial charge >= 0.3 is 0 Å².